The fourth-order valence-electron chi connectivity index (χ4n) is 1.16. The summed E-state index contributed by atoms with van der Waals surface area (Å²) in [5, 5.41) is 7.60. The Kier molecular flexibility index (Phi) is 9.99. The molecule has 0 aromatic heterocycles. The van der Waals surface area contributed by atoms with E-state index in [1.54, 1.807) is 0 Å². The van der Waals surface area contributed by atoms with Gasteiger partial charge in [-0.1, -0.05) is 13.2 Å². The normalized spacial score (nSPS) is 14.9. The number of alkyl halides is 12. The van der Waals surface area contributed by atoms with Crippen molar-refractivity contribution in [3.05, 3.63) is 24.8 Å². The summed E-state index contributed by atoms with van der Waals surface area (Å²) >= 11 is 0. The second-order valence-corrected chi connectivity index (χ2v) is 5.17. The quantitative estimate of drug-likeness (QED) is 0.298. The number of carbonyl (C=O) groups excluding carboxylic acids is 1. The van der Waals surface area contributed by atoms with Gasteiger partial charge in [0.2, 0.25) is 6.17 Å². The summed E-state index contributed by atoms with van der Waals surface area (Å²) in [5.41, 5.74) is -0.861. The molecule has 0 amide bonds. The monoisotopic (exact) mass is 472 g/mol. The summed E-state index contributed by atoms with van der Waals surface area (Å²) in [6, 6.07) is 0. The number of aliphatic carboxylic acids is 1. The van der Waals surface area contributed by atoms with Gasteiger partial charge in [-0.2, -0.15) is 39.5 Å². The summed E-state index contributed by atoms with van der Waals surface area (Å²) in [4.78, 5) is 20.0. The third-order valence-corrected chi connectivity index (χ3v) is 2.82. The number of hydrogen-bond acceptors (Lipinski definition) is 3. The maximum absolute atomic E-state index is 13.2. The minimum atomic E-state index is -7.49. The van der Waals surface area contributed by atoms with Gasteiger partial charge in [0.1, 0.15) is 0 Å². The van der Waals surface area contributed by atoms with E-state index in [1.165, 1.54) is 0 Å². The minimum absolute atomic E-state index is 0.699. The number of esters is 1. The van der Waals surface area contributed by atoms with E-state index in [0.29, 0.717) is 6.92 Å². The lowest BCUT2D eigenvalue weighted by atomic mass is 9.95. The third kappa shape index (κ3) is 6.04. The summed E-state index contributed by atoms with van der Waals surface area (Å²) in [7, 11) is 0. The predicted octanol–water partition coefficient (Wildman–Crippen LogP) is 4.80. The van der Waals surface area contributed by atoms with Crippen LogP contribution in [0.4, 0.5) is 52.7 Å². The van der Waals surface area contributed by atoms with Crippen molar-refractivity contribution in [3.8, 4) is 0 Å². The van der Waals surface area contributed by atoms with Gasteiger partial charge in [0, 0.05) is 11.6 Å². The lowest BCUT2D eigenvalue weighted by Crippen LogP contribution is -2.67. The Morgan fingerprint density at radius 1 is 0.900 bits per heavy atom. The molecule has 0 heterocycles. The van der Waals surface area contributed by atoms with E-state index in [2.05, 4.69) is 17.9 Å². The molecule has 2 atom stereocenters. The molecule has 0 rings (SSSR count). The first kappa shape index (κ1) is 29.8. The van der Waals surface area contributed by atoms with Crippen molar-refractivity contribution >= 4 is 11.9 Å². The molecule has 30 heavy (non-hydrogen) atoms. The number of carboxylic acids is 1. The molecule has 0 saturated carbocycles. The Morgan fingerprint density at radius 2 is 1.23 bits per heavy atom. The van der Waals surface area contributed by atoms with Crippen LogP contribution in [0.15, 0.2) is 24.8 Å². The minimum Gasteiger partial charge on any atom is -0.478 e. The highest BCUT2D eigenvalue weighted by molar-refractivity contribution is 5.87. The molecule has 0 saturated heterocycles. The summed E-state index contributed by atoms with van der Waals surface area (Å²) in [5.74, 6) is -31.9. The molecule has 0 aromatic carbocycles. The lowest BCUT2D eigenvalue weighted by Gasteiger charge is -2.38. The molecule has 1 N–H and O–H groups in total. The average molecular weight is 472 g/mol. The van der Waals surface area contributed by atoms with Gasteiger partial charge >= 0.3 is 42.0 Å². The number of ether oxygens (including phenoxy) is 1. The Bertz CT molecular complexity index is 647. The SMILES string of the molecule is C=C(C)C(=O)OC(F)C(F)(F)C(F)(F)C(F)(F)C(F)(F)C(F)C(F)F.C=CC(=O)O. The molecule has 0 aromatic rings. The largest absolute Gasteiger partial charge is 0.478 e. The van der Waals surface area contributed by atoms with Gasteiger partial charge in [0.25, 0.3) is 6.43 Å². The van der Waals surface area contributed by atoms with E-state index in [1.807, 2.05) is 0 Å². The molecule has 176 valence electrons. The molecule has 0 aliphatic carbocycles. The highest BCUT2D eigenvalue weighted by Gasteiger charge is 2.85. The molecule has 16 heteroatoms. The fraction of sp³-hybridized carbons (Fsp3) is 0.571. The second-order valence-electron chi connectivity index (χ2n) is 5.17. The highest BCUT2D eigenvalue weighted by atomic mass is 19.4. The molecule has 2 unspecified atom stereocenters. The summed E-state index contributed by atoms with van der Waals surface area (Å²) in [6.45, 7) is 6.37. The van der Waals surface area contributed by atoms with Gasteiger partial charge in [0.05, 0.1) is 0 Å². The van der Waals surface area contributed by atoms with Crippen molar-refractivity contribution in [2.75, 3.05) is 0 Å². The molecule has 0 bridgehead atoms. The standard InChI is InChI=1S/C11H8F12O2.C3H4O2/c1-3(2)6(24)25-7(15)9(18,19)11(22,23)10(20,21)8(16,17)4(12)5(13)14;1-2-3(4)5/h4-5,7H,1H2,2H3;2H,1H2,(H,4,5). The lowest BCUT2D eigenvalue weighted by molar-refractivity contribution is -0.399. The molecule has 0 radical (unpaired) electrons. The van der Waals surface area contributed by atoms with Gasteiger partial charge in [-0.15, -0.1) is 0 Å². The zero-order valence-electron chi connectivity index (χ0n) is 14.4. The zero-order valence-corrected chi connectivity index (χ0v) is 14.4. The van der Waals surface area contributed by atoms with E-state index in [0.717, 1.165) is 6.08 Å². The fourth-order valence-corrected chi connectivity index (χ4v) is 1.16. The van der Waals surface area contributed by atoms with Gasteiger partial charge in [-0.25, -0.2) is 22.8 Å². The van der Waals surface area contributed by atoms with E-state index in [9.17, 15) is 62.3 Å². The first-order chi connectivity index (χ1) is 13.1. The maximum Gasteiger partial charge on any atom is 0.385 e. The van der Waals surface area contributed by atoms with Crippen molar-refractivity contribution in [1.82, 2.24) is 0 Å². The van der Waals surface area contributed by atoms with Gasteiger partial charge in [0.15, 0.2) is 0 Å². The molecule has 0 fully saturated rings. The highest BCUT2D eigenvalue weighted by Crippen LogP contribution is 2.56. The second kappa shape index (κ2) is 10.1. The Labute approximate surface area is 159 Å². The van der Waals surface area contributed by atoms with E-state index in [4.69, 9.17) is 5.11 Å². The number of hydrogen-bond donors (Lipinski definition) is 1. The van der Waals surface area contributed by atoms with Crippen LogP contribution in [0.2, 0.25) is 0 Å². The van der Waals surface area contributed by atoms with Crippen molar-refractivity contribution in [3.63, 3.8) is 0 Å². The van der Waals surface area contributed by atoms with Crippen LogP contribution in [-0.2, 0) is 14.3 Å². The number of rotatable bonds is 9. The van der Waals surface area contributed by atoms with E-state index < -0.39 is 60.2 Å². The molecule has 0 aliphatic heterocycles. The van der Waals surface area contributed by atoms with Crippen LogP contribution in [0.25, 0.3) is 0 Å². The summed E-state index contributed by atoms with van der Waals surface area (Å²) < 4.78 is 157. The van der Waals surface area contributed by atoms with Crippen molar-refractivity contribution in [2.24, 2.45) is 0 Å². The molecular formula is C14H12F12O4. The Balaban J connectivity index is 0. The predicted molar refractivity (Wildman–Crippen MR) is 74.3 cm³/mol. The Morgan fingerprint density at radius 3 is 1.50 bits per heavy atom. The third-order valence-electron chi connectivity index (χ3n) is 2.82. The molecule has 4 nitrogen and oxygen atoms in total. The Hall–Kier alpha value is -2.42. The number of carbonyl (C=O) groups is 2. The van der Waals surface area contributed by atoms with Gasteiger partial charge in [-0.3, -0.25) is 0 Å². The van der Waals surface area contributed by atoms with E-state index >= 15 is 0 Å². The van der Waals surface area contributed by atoms with Crippen LogP contribution in [-0.4, -0.2) is 59.7 Å². The zero-order chi connectivity index (χ0) is 24.9. The van der Waals surface area contributed by atoms with Gasteiger partial charge in [-0.05, 0) is 6.92 Å². The van der Waals surface area contributed by atoms with Crippen molar-refractivity contribution in [2.45, 2.75) is 49.6 Å². The number of carboxylic acid groups (broad SMARTS) is 1. The number of halogens is 12. The van der Waals surface area contributed by atoms with Gasteiger partial charge < -0.3 is 9.84 Å². The topological polar surface area (TPSA) is 63.6 Å². The smallest absolute Gasteiger partial charge is 0.385 e. The molecule has 0 spiro atoms. The van der Waals surface area contributed by atoms with Crippen molar-refractivity contribution < 1.29 is 72.1 Å². The van der Waals surface area contributed by atoms with Crippen LogP contribution in [0.5, 0.6) is 0 Å². The van der Waals surface area contributed by atoms with Crippen LogP contribution >= 0.6 is 0 Å². The average Bonchev–Trinajstić information content (AvgIpc) is 2.60. The maximum atomic E-state index is 13.2. The molecular weight excluding hydrogens is 460 g/mol. The van der Waals surface area contributed by atoms with Crippen molar-refractivity contribution in [1.29, 1.82) is 0 Å². The van der Waals surface area contributed by atoms with E-state index in [-0.39, 0.29) is 0 Å². The first-order valence-corrected chi connectivity index (χ1v) is 6.92. The van der Waals surface area contributed by atoms with Crippen LogP contribution in [0.3, 0.4) is 0 Å². The summed E-state index contributed by atoms with van der Waals surface area (Å²) in [6.07, 6.45) is -14.3. The molecule has 0 aliphatic rings. The van der Waals surface area contributed by atoms with Crippen LogP contribution < -0.4 is 0 Å². The van der Waals surface area contributed by atoms with Crippen LogP contribution in [0.1, 0.15) is 6.92 Å². The van der Waals surface area contributed by atoms with Crippen LogP contribution in [0, 0.1) is 0 Å². The first-order valence-electron chi connectivity index (χ1n) is 6.92.